The van der Waals surface area contributed by atoms with Gasteiger partial charge in [0, 0.05) is 30.9 Å². The number of morpholine rings is 1. The Hall–Kier alpha value is -2.07. The van der Waals surface area contributed by atoms with Crippen LogP contribution in [0.15, 0.2) is 53.4 Å². The van der Waals surface area contributed by atoms with E-state index in [1.807, 2.05) is 0 Å². The fourth-order valence-corrected chi connectivity index (χ4v) is 4.24. The molecular weight excluding hydrogens is 389 g/mol. The van der Waals surface area contributed by atoms with Crippen LogP contribution in [0.1, 0.15) is 5.56 Å². The van der Waals surface area contributed by atoms with E-state index < -0.39 is 10.0 Å². The molecule has 2 N–H and O–H groups in total. The van der Waals surface area contributed by atoms with Gasteiger partial charge < -0.3 is 15.4 Å². The van der Waals surface area contributed by atoms with E-state index in [4.69, 9.17) is 17.0 Å². The van der Waals surface area contributed by atoms with Gasteiger partial charge in [0.2, 0.25) is 10.0 Å². The molecule has 1 saturated heterocycles. The van der Waals surface area contributed by atoms with Crippen molar-refractivity contribution < 1.29 is 17.5 Å². The number of thiocarbonyl (C=S) groups is 1. The second-order valence-corrected chi connectivity index (χ2v) is 8.29. The van der Waals surface area contributed by atoms with Crippen molar-refractivity contribution >= 4 is 33.0 Å². The molecule has 0 spiro atoms. The van der Waals surface area contributed by atoms with Crippen molar-refractivity contribution in [2.75, 3.05) is 31.6 Å². The number of hydrogen-bond acceptors (Lipinski definition) is 4. The van der Waals surface area contributed by atoms with E-state index in [2.05, 4.69) is 10.6 Å². The van der Waals surface area contributed by atoms with Crippen LogP contribution in [0.25, 0.3) is 0 Å². The lowest BCUT2D eigenvalue weighted by atomic mass is 10.2. The van der Waals surface area contributed by atoms with Crippen molar-refractivity contribution in [2.24, 2.45) is 0 Å². The highest BCUT2D eigenvalue weighted by atomic mass is 32.2. The molecule has 144 valence electrons. The average Bonchev–Trinajstić information content (AvgIpc) is 2.68. The Morgan fingerprint density at radius 1 is 1.11 bits per heavy atom. The predicted octanol–water partition coefficient (Wildman–Crippen LogP) is 2.33. The number of hydrogen-bond donors (Lipinski definition) is 2. The molecule has 2 aromatic carbocycles. The molecule has 0 atom stereocenters. The van der Waals surface area contributed by atoms with Crippen molar-refractivity contribution in [1.29, 1.82) is 0 Å². The first kappa shape index (κ1) is 19.7. The van der Waals surface area contributed by atoms with Crippen molar-refractivity contribution in [1.82, 2.24) is 9.62 Å². The minimum Gasteiger partial charge on any atom is -0.379 e. The number of nitrogens with zero attached hydrogens (tertiary/aromatic N) is 1. The predicted molar refractivity (Wildman–Crippen MR) is 105 cm³/mol. The summed E-state index contributed by atoms with van der Waals surface area (Å²) in [6, 6.07) is 12.8. The lowest BCUT2D eigenvalue weighted by Gasteiger charge is -2.26. The zero-order valence-electron chi connectivity index (χ0n) is 14.5. The van der Waals surface area contributed by atoms with Gasteiger partial charge in [0.1, 0.15) is 5.82 Å². The minimum atomic E-state index is -3.52. The molecule has 1 fully saturated rings. The summed E-state index contributed by atoms with van der Waals surface area (Å²) in [4.78, 5) is 0.222. The summed E-state index contributed by atoms with van der Waals surface area (Å²) < 4.78 is 45.4. The van der Waals surface area contributed by atoms with Gasteiger partial charge in [-0.3, -0.25) is 0 Å². The van der Waals surface area contributed by atoms with E-state index in [9.17, 15) is 12.8 Å². The van der Waals surface area contributed by atoms with E-state index in [-0.39, 0.29) is 17.3 Å². The first-order valence-electron chi connectivity index (χ1n) is 8.43. The van der Waals surface area contributed by atoms with Gasteiger partial charge in [0.15, 0.2) is 5.11 Å². The van der Waals surface area contributed by atoms with Crippen LogP contribution < -0.4 is 10.6 Å². The molecule has 0 unspecified atom stereocenters. The summed E-state index contributed by atoms with van der Waals surface area (Å²) in [5.41, 5.74) is 1.15. The average molecular weight is 410 g/mol. The molecule has 0 aliphatic carbocycles. The maximum Gasteiger partial charge on any atom is 0.243 e. The minimum absolute atomic E-state index is 0.222. The van der Waals surface area contributed by atoms with Crippen LogP contribution in [0.5, 0.6) is 0 Å². The number of sulfonamides is 1. The number of benzene rings is 2. The molecule has 3 rings (SSSR count). The van der Waals surface area contributed by atoms with Crippen LogP contribution in [0.4, 0.5) is 10.1 Å². The summed E-state index contributed by atoms with van der Waals surface area (Å²) in [6.07, 6.45) is 0. The second kappa shape index (κ2) is 8.75. The normalized spacial score (nSPS) is 15.3. The molecule has 0 aromatic heterocycles. The van der Waals surface area contributed by atoms with Gasteiger partial charge in [-0.2, -0.15) is 4.31 Å². The van der Waals surface area contributed by atoms with Crippen molar-refractivity contribution in [3.63, 3.8) is 0 Å². The van der Waals surface area contributed by atoms with E-state index in [0.29, 0.717) is 42.7 Å². The van der Waals surface area contributed by atoms with Crippen LogP contribution in [-0.2, 0) is 21.3 Å². The standard InChI is InChI=1S/C18H20FN3O3S2/c19-17-4-2-1-3-14(17)13-20-18(26)21-15-5-7-16(8-6-15)27(23,24)22-9-11-25-12-10-22/h1-8H,9-13H2,(H2,20,21,26). The second-order valence-electron chi connectivity index (χ2n) is 5.94. The Balaban J connectivity index is 1.58. The molecule has 0 radical (unpaired) electrons. The van der Waals surface area contributed by atoms with E-state index >= 15 is 0 Å². The van der Waals surface area contributed by atoms with Gasteiger partial charge in [-0.15, -0.1) is 0 Å². The Morgan fingerprint density at radius 2 is 1.78 bits per heavy atom. The fraction of sp³-hybridized carbons (Fsp3) is 0.278. The van der Waals surface area contributed by atoms with Gasteiger partial charge in [-0.05, 0) is 42.5 Å². The summed E-state index contributed by atoms with van der Waals surface area (Å²) in [7, 11) is -3.52. The Morgan fingerprint density at radius 3 is 2.44 bits per heavy atom. The maximum atomic E-state index is 13.6. The zero-order valence-corrected chi connectivity index (χ0v) is 16.2. The summed E-state index contributed by atoms with van der Waals surface area (Å²) in [6.45, 7) is 1.77. The van der Waals surface area contributed by atoms with Gasteiger partial charge in [0.25, 0.3) is 0 Å². The lowest BCUT2D eigenvalue weighted by Crippen LogP contribution is -2.40. The van der Waals surface area contributed by atoms with Crippen LogP contribution in [0, 0.1) is 5.82 Å². The highest BCUT2D eigenvalue weighted by Crippen LogP contribution is 2.19. The summed E-state index contributed by atoms with van der Waals surface area (Å²) >= 11 is 5.20. The third-order valence-electron chi connectivity index (χ3n) is 4.12. The molecule has 1 aliphatic rings. The quantitative estimate of drug-likeness (QED) is 0.739. The largest absolute Gasteiger partial charge is 0.379 e. The van der Waals surface area contributed by atoms with Crippen LogP contribution in [0.2, 0.25) is 0 Å². The SMILES string of the molecule is O=S(=O)(c1ccc(NC(=S)NCc2ccccc2F)cc1)N1CCOCC1. The van der Waals surface area contributed by atoms with Gasteiger partial charge in [-0.1, -0.05) is 18.2 Å². The van der Waals surface area contributed by atoms with Crippen LogP contribution in [-0.4, -0.2) is 44.1 Å². The number of anilines is 1. The number of rotatable bonds is 5. The smallest absolute Gasteiger partial charge is 0.243 e. The first-order valence-corrected chi connectivity index (χ1v) is 10.3. The fourth-order valence-electron chi connectivity index (χ4n) is 2.64. The molecule has 6 nitrogen and oxygen atoms in total. The zero-order chi connectivity index (χ0) is 19.3. The molecule has 1 aliphatic heterocycles. The Bertz CT molecular complexity index is 898. The van der Waals surface area contributed by atoms with E-state index in [0.717, 1.165) is 0 Å². The van der Waals surface area contributed by atoms with Crippen LogP contribution in [0.3, 0.4) is 0 Å². The third-order valence-corrected chi connectivity index (χ3v) is 6.28. The molecule has 27 heavy (non-hydrogen) atoms. The first-order chi connectivity index (χ1) is 13.0. The monoisotopic (exact) mass is 409 g/mol. The van der Waals surface area contributed by atoms with E-state index in [1.165, 1.54) is 22.5 Å². The van der Waals surface area contributed by atoms with Crippen molar-refractivity contribution in [3.05, 3.63) is 59.9 Å². The molecule has 1 heterocycles. The Kier molecular flexibility index (Phi) is 6.38. The summed E-state index contributed by atoms with van der Waals surface area (Å²) in [5, 5.41) is 6.21. The Labute approximate surface area is 163 Å². The third kappa shape index (κ3) is 5.01. The molecular formula is C18H20FN3O3S2. The van der Waals surface area contributed by atoms with Gasteiger partial charge in [-0.25, -0.2) is 12.8 Å². The number of nitrogens with one attached hydrogen (secondary N) is 2. The van der Waals surface area contributed by atoms with Gasteiger partial charge >= 0.3 is 0 Å². The molecule has 0 amide bonds. The highest BCUT2D eigenvalue weighted by Gasteiger charge is 2.26. The highest BCUT2D eigenvalue weighted by molar-refractivity contribution is 7.89. The topological polar surface area (TPSA) is 70.7 Å². The molecule has 2 aromatic rings. The van der Waals surface area contributed by atoms with Gasteiger partial charge in [0.05, 0.1) is 18.1 Å². The van der Waals surface area contributed by atoms with Crippen LogP contribution >= 0.6 is 12.2 Å². The molecule has 9 heteroatoms. The molecule has 0 bridgehead atoms. The lowest BCUT2D eigenvalue weighted by molar-refractivity contribution is 0.0730. The van der Waals surface area contributed by atoms with Crippen molar-refractivity contribution in [3.8, 4) is 0 Å². The van der Waals surface area contributed by atoms with Crippen molar-refractivity contribution in [2.45, 2.75) is 11.4 Å². The number of halogens is 1. The maximum absolute atomic E-state index is 13.6. The van der Waals surface area contributed by atoms with E-state index in [1.54, 1.807) is 30.3 Å². The molecule has 0 saturated carbocycles. The summed E-state index contributed by atoms with van der Waals surface area (Å²) in [5.74, 6) is -0.300. The number of ether oxygens (including phenoxy) is 1.